The minimum absolute atomic E-state index is 0.226. The molecule has 1 aromatic heterocycles. The van der Waals surface area contributed by atoms with Crippen LogP contribution in [0.15, 0.2) is 65.7 Å². The van der Waals surface area contributed by atoms with E-state index >= 15 is 0 Å². The molecule has 0 atom stereocenters. The highest BCUT2D eigenvalue weighted by molar-refractivity contribution is 7.98. The van der Waals surface area contributed by atoms with Gasteiger partial charge in [0.15, 0.2) is 0 Å². The number of hydrogen-bond donors (Lipinski definition) is 1. The lowest BCUT2D eigenvalue weighted by molar-refractivity contribution is -0.111. The quantitative estimate of drug-likeness (QED) is 0.530. The van der Waals surface area contributed by atoms with Crippen molar-refractivity contribution >= 4 is 29.4 Å². The van der Waals surface area contributed by atoms with Gasteiger partial charge in [-0.25, -0.2) is 4.39 Å². The monoisotopic (exact) mass is 367 g/mol. The van der Waals surface area contributed by atoms with Crippen LogP contribution in [0.2, 0.25) is 0 Å². The van der Waals surface area contributed by atoms with Crippen molar-refractivity contribution in [1.82, 2.24) is 9.78 Å². The number of thioether (sulfide) groups is 1. The Kier molecular flexibility index (Phi) is 5.53. The first kappa shape index (κ1) is 17.9. The number of amides is 1. The average Bonchev–Trinajstić information content (AvgIpc) is 3.02. The Bertz CT molecular complexity index is 931. The van der Waals surface area contributed by atoms with Gasteiger partial charge in [0.05, 0.1) is 11.9 Å². The second-order valence-corrected chi connectivity index (χ2v) is 6.51. The zero-order chi connectivity index (χ0) is 18.5. The Morgan fingerprint density at radius 1 is 1.15 bits per heavy atom. The van der Waals surface area contributed by atoms with E-state index in [0.717, 1.165) is 27.4 Å². The van der Waals surface area contributed by atoms with E-state index in [2.05, 4.69) is 10.4 Å². The van der Waals surface area contributed by atoms with Gasteiger partial charge in [0.2, 0.25) is 5.91 Å². The smallest absolute Gasteiger partial charge is 0.248 e. The molecule has 0 spiro atoms. The molecule has 6 heteroatoms. The van der Waals surface area contributed by atoms with Crippen LogP contribution in [-0.4, -0.2) is 21.9 Å². The topological polar surface area (TPSA) is 46.9 Å². The van der Waals surface area contributed by atoms with Crippen LogP contribution >= 0.6 is 11.8 Å². The zero-order valence-electron chi connectivity index (χ0n) is 14.4. The van der Waals surface area contributed by atoms with Crippen LogP contribution in [0, 0.1) is 5.82 Å². The van der Waals surface area contributed by atoms with Gasteiger partial charge in [-0.2, -0.15) is 5.10 Å². The van der Waals surface area contributed by atoms with Crippen molar-refractivity contribution in [1.29, 1.82) is 0 Å². The van der Waals surface area contributed by atoms with Gasteiger partial charge in [-0.05, 0) is 60.9 Å². The first-order valence-corrected chi connectivity index (χ1v) is 9.20. The maximum Gasteiger partial charge on any atom is 0.248 e. The number of halogens is 1. The molecule has 0 aliphatic carbocycles. The molecule has 1 amide bonds. The maximum absolute atomic E-state index is 13.1. The Balaban J connectivity index is 1.75. The fourth-order valence-electron chi connectivity index (χ4n) is 2.56. The zero-order valence-corrected chi connectivity index (χ0v) is 15.3. The van der Waals surface area contributed by atoms with E-state index in [1.807, 2.05) is 37.6 Å². The highest BCUT2D eigenvalue weighted by atomic mass is 32.2. The second-order valence-electron chi connectivity index (χ2n) is 5.63. The van der Waals surface area contributed by atoms with E-state index in [0.29, 0.717) is 0 Å². The Morgan fingerprint density at radius 2 is 1.85 bits per heavy atom. The van der Waals surface area contributed by atoms with Gasteiger partial charge in [-0.3, -0.25) is 9.48 Å². The minimum atomic E-state index is -0.292. The van der Waals surface area contributed by atoms with Gasteiger partial charge in [0, 0.05) is 34.8 Å². The van der Waals surface area contributed by atoms with Crippen LogP contribution in [0.3, 0.4) is 0 Å². The summed E-state index contributed by atoms with van der Waals surface area (Å²) in [5.41, 5.74) is 3.17. The van der Waals surface area contributed by atoms with E-state index in [-0.39, 0.29) is 11.7 Å². The van der Waals surface area contributed by atoms with Crippen molar-refractivity contribution in [3.05, 3.63) is 72.2 Å². The Morgan fingerprint density at radius 3 is 2.50 bits per heavy atom. The van der Waals surface area contributed by atoms with Crippen molar-refractivity contribution in [3.8, 4) is 11.3 Å². The van der Waals surface area contributed by atoms with Gasteiger partial charge in [-0.15, -0.1) is 11.8 Å². The third kappa shape index (κ3) is 4.21. The number of nitrogens with one attached hydrogen (secondary N) is 1. The predicted octanol–water partition coefficient (Wildman–Crippen LogP) is 4.60. The molecule has 0 bridgehead atoms. The van der Waals surface area contributed by atoms with Gasteiger partial charge in [0.1, 0.15) is 5.82 Å². The fraction of sp³-hybridized carbons (Fsp3) is 0.100. The molecule has 0 aliphatic heterocycles. The van der Waals surface area contributed by atoms with E-state index in [9.17, 15) is 9.18 Å². The standard InChI is InChI=1S/C20H18FN3OS/c1-24-20(14-3-6-16(21)7-4-14)15(13-22-24)5-12-19(25)23-17-8-10-18(26-2)11-9-17/h3-13H,1-2H3,(H,23,25)/b12-5+. The molecule has 0 saturated heterocycles. The SMILES string of the molecule is CSc1ccc(NC(=O)/C=C/c2cnn(C)c2-c2ccc(F)cc2)cc1. The highest BCUT2D eigenvalue weighted by Crippen LogP contribution is 2.24. The Hall–Kier alpha value is -2.86. The molecule has 1 N–H and O–H groups in total. The third-order valence-corrected chi connectivity index (χ3v) is 4.60. The second kappa shape index (κ2) is 8.01. The van der Waals surface area contributed by atoms with E-state index < -0.39 is 0 Å². The van der Waals surface area contributed by atoms with E-state index in [1.54, 1.807) is 40.8 Å². The summed E-state index contributed by atoms with van der Waals surface area (Å²) in [6, 6.07) is 13.8. The largest absolute Gasteiger partial charge is 0.323 e. The molecule has 0 unspecified atom stereocenters. The molecule has 0 aliphatic rings. The summed E-state index contributed by atoms with van der Waals surface area (Å²) in [7, 11) is 1.81. The van der Waals surface area contributed by atoms with Gasteiger partial charge in [-0.1, -0.05) is 0 Å². The number of carbonyl (C=O) groups excluding carboxylic acids is 1. The van der Waals surface area contributed by atoms with Crippen molar-refractivity contribution in [2.24, 2.45) is 7.05 Å². The normalized spacial score (nSPS) is 11.0. The van der Waals surface area contributed by atoms with Crippen molar-refractivity contribution in [2.45, 2.75) is 4.90 Å². The van der Waals surface area contributed by atoms with Crippen LogP contribution in [0.4, 0.5) is 10.1 Å². The van der Waals surface area contributed by atoms with Crippen molar-refractivity contribution in [2.75, 3.05) is 11.6 Å². The lowest BCUT2D eigenvalue weighted by atomic mass is 10.1. The molecule has 0 fully saturated rings. The van der Waals surface area contributed by atoms with E-state index in [4.69, 9.17) is 0 Å². The van der Waals surface area contributed by atoms with Gasteiger partial charge >= 0.3 is 0 Å². The van der Waals surface area contributed by atoms with Crippen LogP contribution in [0.5, 0.6) is 0 Å². The maximum atomic E-state index is 13.1. The number of hydrogen-bond acceptors (Lipinski definition) is 3. The molecule has 3 aromatic rings. The number of aromatic nitrogens is 2. The van der Waals surface area contributed by atoms with Crippen molar-refractivity contribution in [3.63, 3.8) is 0 Å². The number of benzene rings is 2. The molecule has 0 saturated carbocycles. The number of anilines is 1. The molecule has 26 heavy (non-hydrogen) atoms. The molecule has 4 nitrogen and oxygen atoms in total. The summed E-state index contributed by atoms with van der Waals surface area (Å²) in [4.78, 5) is 13.3. The van der Waals surface area contributed by atoms with Crippen molar-refractivity contribution < 1.29 is 9.18 Å². The van der Waals surface area contributed by atoms with Crippen LogP contribution in [0.25, 0.3) is 17.3 Å². The molecule has 3 rings (SSSR count). The molecule has 0 radical (unpaired) electrons. The van der Waals surface area contributed by atoms with Gasteiger partial charge < -0.3 is 5.32 Å². The summed E-state index contributed by atoms with van der Waals surface area (Å²) in [6.45, 7) is 0. The fourth-order valence-corrected chi connectivity index (χ4v) is 2.97. The first-order valence-electron chi connectivity index (χ1n) is 7.98. The highest BCUT2D eigenvalue weighted by Gasteiger charge is 2.09. The van der Waals surface area contributed by atoms with Gasteiger partial charge in [0.25, 0.3) is 0 Å². The predicted molar refractivity (Wildman–Crippen MR) is 104 cm³/mol. The lowest BCUT2D eigenvalue weighted by Crippen LogP contribution is -2.07. The van der Waals surface area contributed by atoms with Crippen LogP contribution in [0.1, 0.15) is 5.56 Å². The molecular weight excluding hydrogens is 349 g/mol. The third-order valence-electron chi connectivity index (χ3n) is 3.86. The number of nitrogens with zero attached hydrogens (tertiary/aromatic N) is 2. The van der Waals surface area contributed by atoms with E-state index in [1.165, 1.54) is 18.2 Å². The number of carbonyl (C=O) groups is 1. The lowest BCUT2D eigenvalue weighted by Gasteiger charge is -2.05. The number of rotatable bonds is 5. The van der Waals surface area contributed by atoms with Crippen LogP contribution < -0.4 is 5.32 Å². The first-order chi connectivity index (χ1) is 12.6. The van der Waals surface area contributed by atoms with Crippen LogP contribution in [-0.2, 0) is 11.8 Å². The molecule has 2 aromatic carbocycles. The average molecular weight is 367 g/mol. The summed E-state index contributed by atoms with van der Waals surface area (Å²) in [5.74, 6) is -0.518. The number of aryl methyl sites for hydroxylation is 1. The summed E-state index contributed by atoms with van der Waals surface area (Å²) in [5, 5.41) is 7.06. The minimum Gasteiger partial charge on any atom is -0.323 e. The summed E-state index contributed by atoms with van der Waals surface area (Å²) < 4.78 is 14.8. The Labute approximate surface area is 155 Å². The molecule has 132 valence electrons. The molecule has 1 heterocycles. The summed E-state index contributed by atoms with van der Waals surface area (Å²) in [6.07, 6.45) is 6.85. The molecular formula is C20H18FN3OS. The summed E-state index contributed by atoms with van der Waals surface area (Å²) >= 11 is 1.65.